The van der Waals surface area contributed by atoms with Gasteiger partial charge in [0.1, 0.15) is 5.02 Å². The summed E-state index contributed by atoms with van der Waals surface area (Å²) in [5.41, 5.74) is 0.485. The molecule has 2 rings (SSSR count). The number of nitro benzene ring substituents is 1. The number of carboxylic acids is 1. The molecule has 6 nitrogen and oxygen atoms in total. The fraction of sp³-hybridized carbons (Fsp3) is 0.0833. The van der Waals surface area contributed by atoms with Gasteiger partial charge in [-0.05, 0) is 30.7 Å². The van der Waals surface area contributed by atoms with Crippen LogP contribution in [0.3, 0.4) is 0 Å². The molecule has 1 heterocycles. The minimum atomic E-state index is -1.16. The van der Waals surface area contributed by atoms with Gasteiger partial charge >= 0.3 is 5.97 Å². The SMILES string of the molecule is Cc1cc([N+](=O)[O-])c(Cl)cc1Sc1ccc(C(=O)O)o1. The Balaban J connectivity index is 2.31. The molecular formula is C12H8ClNO5S. The van der Waals surface area contributed by atoms with Gasteiger partial charge in [0.2, 0.25) is 5.76 Å². The number of rotatable bonds is 4. The largest absolute Gasteiger partial charge is 0.475 e. The third kappa shape index (κ3) is 2.94. The molecule has 8 heteroatoms. The van der Waals surface area contributed by atoms with Crippen LogP contribution >= 0.6 is 23.4 Å². The Bertz CT molecular complexity index is 697. The van der Waals surface area contributed by atoms with E-state index in [4.69, 9.17) is 21.1 Å². The van der Waals surface area contributed by atoms with Gasteiger partial charge in [-0.2, -0.15) is 0 Å². The second-order valence-corrected chi connectivity index (χ2v) is 5.31. The minimum Gasteiger partial charge on any atom is -0.475 e. The van der Waals surface area contributed by atoms with Gasteiger partial charge in [0.15, 0.2) is 5.09 Å². The molecule has 0 aliphatic rings. The normalized spacial score (nSPS) is 10.5. The lowest BCUT2D eigenvalue weighted by molar-refractivity contribution is -0.384. The van der Waals surface area contributed by atoms with Crippen LogP contribution in [0.25, 0.3) is 0 Å². The number of hydrogen-bond acceptors (Lipinski definition) is 5. The van der Waals surface area contributed by atoms with E-state index < -0.39 is 10.9 Å². The van der Waals surface area contributed by atoms with E-state index in [9.17, 15) is 14.9 Å². The third-order valence-corrected chi connectivity index (χ3v) is 3.83. The summed E-state index contributed by atoms with van der Waals surface area (Å²) in [4.78, 5) is 21.6. The van der Waals surface area contributed by atoms with E-state index in [-0.39, 0.29) is 16.5 Å². The fourth-order valence-corrected chi connectivity index (χ4v) is 2.67. The van der Waals surface area contributed by atoms with Crippen LogP contribution in [0, 0.1) is 17.0 Å². The molecule has 104 valence electrons. The van der Waals surface area contributed by atoms with Gasteiger partial charge in [0.05, 0.1) is 4.92 Å². The summed E-state index contributed by atoms with van der Waals surface area (Å²) in [6.45, 7) is 1.70. The maximum absolute atomic E-state index is 10.8. The van der Waals surface area contributed by atoms with E-state index in [1.807, 2.05) is 0 Å². The molecule has 20 heavy (non-hydrogen) atoms. The molecule has 1 N–H and O–H groups in total. The summed E-state index contributed by atoms with van der Waals surface area (Å²) in [5.74, 6) is -1.33. The molecule has 0 aliphatic carbocycles. The molecule has 0 aliphatic heterocycles. The Morgan fingerprint density at radius 2 is 2.15 bits per heavy atom. The standard InChI is InChI=1S/C12H8ClNO5S/c1-6-4-8(14(17)18)7(13)5-10(6)20-11-3-2-9(19-11)12(15)16/h2-5H,1H3,(H,15,16). The van der Waals surface area contributed by atoms with Gasteiger partial charge in [-0.15, -0.1) is 0 Å². The number of nitrogens with zero attached hydrogens (tertiary/aromatic N) is 1. The van der Waals surface area contributed by atoms with Gasteiger partial charge in [0, 0.05) is 11.0 Å². The molecule has 0 amide bonds. The topological polar surface area (TPSA) is 93.6 Å². The summed E-state index contributed by atoms with van der Waals surface area (Å²) >= 11 is 6.99. The fourth-order valence-electron chi connectivity index (χ4n) is 1.50. The van der Waals surface area contributed by atoms with Crippen molar-refractivity contribution in [2.45, 2.75) is 16.9 Å². The Morgan fingerprint density at radius 1 is 1.45 bits per heavy atom. The van der Waals surface area contributed by atoms with E-state index in [1.54, 1.807) is 6.92 Å². The van der Waals surface area contributed by atoms with Crippen LogP contribution in [0.5, 0.6) is 0 Å². The van der Waals surface area contributed by atoms with Crippen LogP contribution in [0.2, 0.25) is 5.02 Å². The van der Waals surface area contributed by atoms with E-state index in [0.717, 1.165) is 11.8 Å². The molecule has 2 aromatic rings. The number of aromatic carboxylic acids is 1. The quantitative estimate of drug-likeness (QED) is 0.677. The number of halogens is 1. The number of aryl methyl sites for hydroxylation is 1. The summed E-state index contributed by atoms with van der Waals surface area (Å²) in [5, 5.41) is 19.9. The smallest absolute Gasteiger partial charge is 0.371 e. The zero-order valence-electron chi connectivity index (χ0n) is 10.1. The summed E-state index contributed by atoms with van der Waals surface area (Å²) in [6.07, 6.45) is 0. The van der Waals surface area contributed by atoms with E-state index in [2.05, 4.69) is 0 Å². The predicted octanol–water partition coefficient (Wildman–Crippen LogP) is 4.00. The maximum atomic E-state index is 10.8. The first-order valence-electron chi connectivity index (χ1n) is 5.34. The highest BCUT2D eigenvalue weighted by atomic mass is 35.5. The Hall–Kier alpha value is -1.99. The van der Waals surface area contributed by atoms with Crippen LogP contribution in [-0.2, 0) is 0 Å². The van der Waals surface area contributed by atoms with Crippen molar-refractivity contribution in [3.05, 3.63) is 50.7 Å². The van der Waals surface area contributed by atoms with Gasteiger partial charge in [0.25, 0.3) is 5.69 Å². The summed E-state index contributed by atoms with van der Waals surface area (Å²) in [6, 6.07) is 5.68. The molecule has 0 unspecified atom stereocenters. The van der Waals surface area contributed by atoms with Crippen LogP contribution in [0.4, 0.5) is 5.69 Å². The third-order valence-electron chi connectivity index (χ3n) is 2.44. The number of benzene rings is 1. The zero-order valence-corrected chi connectivity index (χ0v) is 11.7. The van der Waals surface area contributed by atoms with E-state index in [1.165, 1.54) is 24.3 Å². The van der Waals surface area contributed by atoms with Crippen LogP contribution < -0.4 is 0 Å². The molecule has 0 fully saturated rings. The predicted molar refractivity (Wildman–Crippen MR) is 72.6 cm³/mol. The highest BCUT2D eigenvalue weighted by Crippen LogP contribution is 2.37. The number of carbonyl (C=O) groups is 1. The van der Waals surface area contributed by atoms with Crippen molar-refractivity contribution < 1.29 is 19.2 Å². The second-order valence-electron chi connectivity index (χ2n) is 3.85. The average Bonchev–Trinajstić information content (AvgIpc) is 2.81. The maximum Gasteiger partial charge on any atom is 0.371 e. The van der Waals surface area contributed by atoms with Crippen LogP contribution in [0.1, 0.15) is 16.1 Å². The van der Waals surface area contributed by atoms with E-state index in [0.29, 0.717) is 15.6 Å². The highest BCUT2D eigenvalue weighted by Gasteiger charge is 2.17. The molecular weight excluding hydrogens is 306 g/mol. The van der Waals surface area contributed by atoms with Gasteiger partial charge in [-0.3, -0.25) is 10.1 Å². The van der Waals surface area contributed by atoms with Crippen molar-refractivity contribution in [1.29, 1.82) is 0 Å². The number of hydrogen-bond donors (Lipinski definition) is 1. The first-order chi connectivity index (χ1) is 9.38. The van der Waals surface area contributed by atoms with Crippen molar-refractivity contribution in [2.75, 3.05) is 0 Å². The molecule has 0 saturated heterocycles. The van der Waals surface area contributed by atoms with Gasteiger partial charge < -0.3 is 9.52 Å². The molecule has 0 saturated carbocycles. The van der Waals surface area contributed by atoms with Crippen molar-refractivity contribution in [3.8, 4) is 0 Å². The Labute approximate surface area is 122 Å². The lowest BCUT2D eigenvalue weighted by atomic mass is 10.2. The first kappa shape index (κ1) is 14.4. The highest BCUT2D eigenvalue weighted by molar-refractivity contribution is 7.99. The van der Waals surface area contributed by atoms with Gasteiger partial charge in [-0.1, -0.05) is 23.4 Å². The molecule has 0 bridgehead atoms. The Kier molecular flexibility index (Phi) is 4.01. The van der Waals surface area contributed by atoms with Gasteiger partial charge in [-0.25, -0.2) is 4.79 Å². The number of furan rings is 1. The second kappa shape index (κ2) is 5.56. The average molecular weight is 314 g/mol. The van der Waals surface area contributed by atoms with Crippen molar-refractivity contribution in [3.63, 3.8) is 0 Å². The Morgan fingerprint density at radius 3 is 2.70 bits per heavy atom. The van der Waals surface area contributed by atoms with E-state index >= 15 is 0 Å². The number of carboxylic acid groups (broad SMARTS) is 1. The van der Waals surface area contributed by atoms with Crippen molar-refractivity contribution in [1.82, 2.24) is 0 Å². The minimum absolute atomic E-state index is 0.0214. The zero-order chi connectivity index (χ0) is 14.9. The van der Waals surface area contributed by atoms with Crippen molar-refractivity contribution in [2.24, 2.45) is 0 Å². The number of nitro groups is 1. The summed E-state index contributed by atoms with van der Waals surface area (Å²) < 4.78 is 5.11. The molecule has 1 aromatic carbocycles. The molecule has 0 spiro atoms. The first-order valence-corrected chi connectivity index (χ1v) is 6.53. The molecule has 0 radical (unpaired) electrons. The van der Waals surface area contributed by atoms with Crippen LogP contribution in [-0.4, -0.2) is 16.0 Å². The summed E-state index contributed by atoms with van der Waals surface area (Å²) in [7, 11) is 0. The lowest BCUT2D eigenvalue weighted by Gasteiger charge is -2.04. The van der Waals surface area contributed by atoms with Crippen molar-refractivity contribution >= 4 is 35.0 Å². The molecule has 1 aromatic heterocycles. The lowest BCUT2D eigenvalue weighted by Crippen LogP contribution is -1.92. The molecule has 0 atom stereocenters. The van der Waals surface area contributed by atoms with Crippen LogP contribution in [0.15, 0.2) is 38.7 Å². The monoisotopic (exact) mass is 313 g/mol.